The highest BCUT2D eigenvalue weighted by Gasteiger charge is 2.30. The molecule has 0 aliphatic heterocycles. The minimum atomic E-state index is -0.715. The van der Waals surface area contributed by atoms with Crippen molar-refractivity contribution >= 4 is 46.2 Å². The number of benzene rings is 1. The van der Waals surface area contributed by atoms with E-state index in [2.05, 4.69) is 24.4 Å². The second-order valence-corrected chi connectivity index (χ2v) is 9.38. The van der Waals surface area contributed by atoms with Crippen LogP contribution >= 0.6 is 11.8 Å². The van der Waals surface area contributed by atoms with E-state index in [1.807, 2.05) is 19.9 Å². The minimum Gasteiger partial charge on any atom is -0.462 e. The number of hydrogen-bond acceptors (Lipinski definition) is 7. The van der Waals surface area contributed by atoms with Crippen molar-refractivity contribution in [3.05, 3.63) is 51.8 Å². The van der Waals surface area contributed by atoms with Gasteiger partial charge in [0.25, 0.3) is 0 Å². The number of rotatable bonds is 7. The first-order valence-electron chi connectivity index (χ1n) is 10.7. The Balaban J connectivity index is 1.87. The Morgan fingerprint density at radius 3 is 2.42 bits per heavy atom. The zero-order valence-electron chi connectivity index (χ0n) is 19.9. The highest BCUT2D eigenvalue weighted by Crippen LogP contribution is 2.32. The number of hydrogen-bond donors (Lipinski definition) is 1. The van der Waals surface area contributed by atoms with Crippen LogP contribution in [0, 0.1) is 27.7 Å². The SMILES string of the molecule is CCOC(=O)c1c(NC(=O)C(C)Sc2cc(C)c3cc(C)cc(C)c3n2)oc(C)c1C(C)=O. The zero-order valence-corrected chi connectivity index (χ0v) is 20.7. The molecule has 3 aromatic rings. The number of amides is 1. The minimum absolute atomic E-state index is 0.0573. The smallest absolute Gasteiger partial charge is 0.344 e. The van der Waals surface area contributed by atoms with Crippen LogP contribution in [0.1, 0.15) is 63.9 Å². The molecule has 7 nitrogen and oxygen atoms in total. The number of anilines is 1. The van der Waals surface area contributed by atoms with Crippen molar-refractivity contribution < 1.29 is 23.5 Å². The van der Waals surface area contributed by atoms with Crippen molar-refractivity contribution in [1.82, 2.24) is 4.98 Å². The molecule has 0 saturated carbocycles. The number of aryl methyl sites for hydroxylation is 4. The maximum absolute atomic E-state index is 12.9. The fourth-order valence-corrected chi connectivity index (χ4v) is 4.69. The Labute approximate surface area is 197 Å². The molecule has 3 rings (SSSR count). The first-order chi connectivity index (χ1) is 15.5. The maximum Gasteiger partial charge on any atom is 0.344 e. The lowest BCUT2D eigenvalue weighted by Gasteiger charge is -2.13. The highest BCUT2D eigenvalue weighted by atomic mass is 32.2. The molecular formula is C25H28N2O5S. The largest absolute Gasteiger partial charge is 0.462 e. The summed E-state index contributed by atoms with van der Waals surface area (Å²) in [5, 5.41) is 3.92. The molecule has 0 aliphatic rings. The van der Waals surface area contributed by atoms with Crippen LogP contribution in [0.3, 0.4) is 0 Å². The molecule has 174 valence electrons. The van der Waals surface area contributed by atoms with Crippen LogP contribution < -0.4 is 5.32 Å². The third-order valence-electron chi connectivity index (χ3n) is 5.25. The van der Waals surface area contributed by atoms with Gasteiger partial charge < -0.3 is 9.15 Å². The molecular weight excluding hydrogens is 440 g/mol. The second-order valence-electron chi connectivity index (χ2n) is 8.02. The monoisotopic (exact) mass is 468 g/mol. The van der Waals surface area contributed by atoms with Gasteiger partial charge in [-0.25, -0.2) is 9.78 Å². The van der Waals surface area contributed by atoms with Gasteiger partial charge in [-0.1, -0.05) is 23.4 Å². The Bertz CT molecular complexity index is 1260. The number of thioether (sulfide) groups is 1. The number of carbonyl (C=O) groups is 3. The summed E-state index contributed by atoms with van der Waals surface area (Å²) in [7, 11) is 0. The van der Waals surface area contributed by atoms with Crippen molar-refractivity contribution in [2.45, 2.75) is 58.7 Å². The molecule has 33 heavy (non-hydrogen) atoms. The van der Waals surface area contributed by atoms with E-state index in [1.54, 1.807) is 20.8 Å². The van der Waals surface area contributed by atoms with Gasteiger partial charge >= 0.3 is 5.97 Å². The van der Waals surface area contributed by atoms with Gasteiger partial charge in [-0.15, -0.1) is 0 Å². The molecule has 0 fully saturated rings. The number of fused-ring (bicyclic) bond motifs is 1. The molecule has 0 bridgehead atoms. The summed E-state index contributed by atoms with van der Waals surface area (Å²) in [5.74, 6) is -1.27. The summed E-state index contributed by atoms with van der Waals surface area (Å²) in [6.45, 7) is 12.5. The molecule has 0 aliphatic carbocycles. The van der Waals surface area contributed by atoms with Gasteiger partial charge in [-0.05, 0) is 71.7 Å². The molecule has 0 saturated heterocycles. The predicted molar refractivity (Wildman–Crippen MR) is 129 cm³/mol. The number of carbonyl (C=O) groups excluding carboxylic acids is 3. The van der Waals surface area contributed by atoms with Gasteiger partial charge in [0.2, 0.25) is 11.8 Å². The van der Waals surface area contributed by atoms with E-state index >= 15 is 0 Å². The van der Waals surface area contributed by atoms with Crippen LogP contribution in [0.2, 0.25) is 0 Å². The Kier molecular flexibility index (Phi) is 7.27. The maximum atomic E-state index is 12.9. The summed E-state index contributed by atoms with van der Waals surface area (Å²) in [4.78, 5) is 42.2. The van der Waals surface area contributed by atoms with Gasteiger partial charge in [0, 0.05) is 5.39 Å². The van der Waals surface area contributed by atoms with Gasteiger partial charge in [-0.3, -0.25) is 14.9 Å². The van der Waals surface area contributed by atoms with Crippen molar-refractivity contribution in [2.24, 2.45) is 0 Å². The number of ketones is 1. The van der Waals surface area contributed by atoms with E-state index in [-0.39, 0.29) is 41.1 Å². The Morgan fingerprint density at radius 2 is 1.79 bits per heavy atom. The lowest BCUT2D eigenvalue weighted by molar-refractivity contribution is -0.115. The molecule has 0 radical (unpaired) electrons. The number of ether oxygens (including phenoxy) is 1. The second kappa shape index (κ2) is 9.79. The molecule has 1 unspecified atom stereocenters. The Hall–Kier alpha value is -3.13. The number of nitrogens with one attached hydrogen (secondary N) is 1. The summed E-state index contributed by atoms with van der Waals surface area (Å²) >= 11 is 1.31. The summed E-state index contributed by atoms with van der Waals surface area (Å²) in [5.41, 5.74) is 4.30. The van der Waals surface area contributed by atoms with Crippen LogP contribution in [-0.2, 0) is 9.53 Å². The number of aromatic nitrogens is 1. The van der Waals surface area contributed by atoms with Gasteiger partial charge in [0.1, 0.15) is 11.3 Å². The number of pyridine rings is 1. The average molecular weight is 469 g/mol. The van der Waals surface area contributed by atoms with Crippen LogP contribution in [0.15, 0.2) is 27.6 Å². The predicted octanol–water partition coefficient (Wildman–Crippen LogP) is 5.56. The van der Waals surface area contributed by atoms with E-state index in [0.717, 1.165) is 27.1 Å². The summed E-state index contributed by atoms with van der Waals surface area (Å²) in [6, 6.07) is 6.16. The van der Waals surface area contributed by atoms with Crippen molar-refractivity contribution in [3.8, 4) is 0 Å². The van der Waals surface area contributed by atoms with E-state index in [4.69, 9.17) is 14.1 Å². The molecule has 1 amide bonds. The molecule has 0 spiro atoms. The summed E-state index contributed by atoms with van der Waals surface area (Å²) in [6.07, 6.45) is 0. The molecule has 1 aromatic carbocycles. The number of esters is 1. The molecule has 2 aromatic heterocycles. The standard InChI is InChI=1S/C25H28N2O5S/c1-8-31-25(30)21-20(15(5)28)16(6)32-24(21)27-23(29)17(7)33-19-11-13(3)18-10-12(2)9-14(4)22(18)26-19/h9-11,17H,8H2,1-7H3,(H,27,29). The first-order valence-corrected chi connectivity index (χ1v) is 11.6. The van der Waals surface area contributed by atoms with Crippen molar-refractivity contribution in [1.29, 1.82) is 0 Å². The van der Waals surface area contributed by atoms with Crippen molar-refractivity contribution in [2.75, 3.05) is 11.9 Å². The number of Topliss-reactive ketones (excluding diaryl/α,β-unsaturated/α-hetero) is 1. The van der Waals surface area contributed by atoms with Crippen LogP contribution in [0.25, 0.3) is 10.9 Å². The van der Waals surface area contributed by atoms with E-state index in [0.29, 0.717) is 0 Å². The third kappa shape index (κ3) is 5.11. The zero-order chi connectivity index (χ0) is 24.4. The fraction of sp³-hybridized carbons (Fsp3) is 0.360. The molecule has 2 heterocycles. The fourth-order valence-electron chi connectivity index (χ4n) is 3.78. The molecule has 8 heteroatoms. The third-order valence-corrected chi connectivity index (χ3v) is 6.27. The van der Waals surface area contributed by atoms with Gasteiger partial charge in [0.15, 0.2) is 5.78 Å². The van der Waals surface area contributed by atoms with Crippen molar-refractivity contribution in [3.63, 3.8) is 0 Å². The van der Waals surface area contributed by atoms with Gasteiger partial charge in [-0.2, -0.15) is 0 Å². The topological polar surface area (TPSA) is 98.5 Å². The van der Waals surface area contributed by atoms with Crippen LogP contribution in [-0.4, -0.2) is 34.5 Å². The normalized spacial score (nSPS) is 12.0. The lowest BCUT2D eigenvalue weighted by Crippen LogP contribution is -2.24. The highest BCUT2D eigenvalue weighted by molar-refractivity contribution is 8.00. The number of nitrogens with zero attached hydrogens (tertiary/aromatic N) is 1. The van der Waals surface area contributed by atoms with E-state index in [1.165, 1.54) is 24.2 Å². The number of furan rings is 1. The Morgan fingerprint density at radius 1 is 1.09 bits per heavy atom. The van der Waals surface area contributed by atoms with Gasteiger partial charge in [0.05, 0.1) is 28.0 Å². The first kappa shape index (κ1) is 24.5. The van der Waals surface area contributed by atoms with Crippen LogP contribution in [0.4, 0.5) is 5.88 Å². The lowest BCUT2D eigenvalue weighted by atomic mass is 10.0. The quantitative estimate of drug-likeness (QED) is 0.275. The average Bonchev–Trinajstić information content (AvgIpc) is 3.05. The van der Waals surface area contributed by atoms with E-state index in [9.17, 15) is 14.4 Å². The summed E-state index contributed by atoms with van der Waals surface area (Å²) < 4.78 is 10.6. The van der Waals surface area contributed by atoms with Crippen LogP contribution in [0.5, 0.6) is 0 Å². The molecule has 1 atom stereocenters. The molecule has 1 N–H and O–H groups in total. The van der Waals surface area contributed by atoms with E-state index < -0.39 is 11.2 Å².